The van der Waals surface area contributed by atoms with Gasteiger partial charge in [0.2, 0.25) is 0 Å². The Morgan fingerprint density at radius 1 is 1.00 bits per heavy atom. The third-order valence-corrected chi connectivity index (χ3v) is 5.79. The maximum Gasteiger partial charge on any atom is 0.277 e. The third-order valence-electron chi connectivity index (χ3n) is 5.79. The van der Waals surface area contributed by atoms with Crippen molar-refractivity contribution in [3.63, 3.8) is 0 Å². The van der Waals surface area contributed by atoms with E-state index in [0.717, 1.165) is 5.56 Å². The number of hydrogen-bond donors (Lipinski definition) is 1. The Bertz CT molecular complexity index is 1250. The smallest absolute Gasteiger partial charge is 0.277 e. The predicted molar refractivity (Wildman–Crippen MR) is 122 cm³/mol. The van der Waals surface area contributed by atoms with Crippen molar-refractivity contribution in [2.24, 2.45) is 11.1 Å². The van der Waals surface area contributed by atoms with Crippen molar-refractivity contribution in [2.45, 2.75) is 5.60 Å². The standard InChI is InChI=1S/C26H20N2O4/c1-31-19-14-12-18(13-15-19)24(29)23-22(16-11-17-7-3-2-4-8-17)28-32-26(23)20-9-5-6-10-21(20)27-25(26)30/h2-16,23H,1H3,(H,27,30)/b16-11+/t23-,26-/m0/s1. The van der Waals surface area contributed by atoms with Crippen LogP contribution in [0.15, 0.2) is 90.1 Å². The minimum absolute atomic E-state index is 0.256. The van der Waals surface area contributed by atoms with E-state index in [1.54, 1.807) is 49.6 Å². The van der Waals surface area contributed by atoms with Crippen LogP contribution in [0.1, 0.15) is 21.5 Å². The molecule has 0 saturated carbocycles. The number of nitrogens with one attached hydrogen (secondary N) is 1. The van der Waals surface area contributed by atoms with E-state index >= 15 is 0 Å². The molecule has 5 rings (SSSR count). The van der Waals surface area contributed by atoms with Gasteiger partial charge in [0.1, 0.15) is 11.7 Å². The van der Waals surface area contributed by atoms with Gasteiger partial charge in [-0.25, -0.2) is 0 Å². The van der Waals surface area contributed by atoms with Crippen molar-refractivity contribution < 1.29 is 19.2 Å². The van der Waals surface area contributed by atoms with Gasteiger partial charge in [0.25, 0.3) is 11.5 Å². The summed E-state index contributed by atoms with van der Waals surface area (Å²) in [4.78, 5) is 32.8. The lowest BCUT2D eigenvalue weighted by Gasteiger charge is -2.26. The zero-order valence-electron chi connectivity index (χ0n) is 17.3. The molecule has 3 aromatic rings. The molecule has 2 atom stereocenters. The fourth-order valence-corrected chi connectivity index (χ4v) is 4.18. The number of anilines is 1. The molecule has 2 heterocycles. The van der Waals surface area contributed by atoms with Gasteiger partial charge < -0.3 is 14.9 Å². The normalized spacial score (nSPS) is 21.2. The van der Waals surface area contributed by atoms with E-state index in [0.29, 0.717) is 28.3 Å². The topological polar surface area (TPSA) is 77.0 Å². The van der Waals surface area contributed by atoms with E-state index < -0.39 is 17.4 Å². The second-order valence-corrected chi connectivity index (χ2v) is 7.61. The third kappa shape index (κ3) is 3.08. The molecule has 1 spiro atoms. The number of hydrogen-bond acceptors (Lipinski definition) is 5. The highest BCUT2D eigenvalue weighted by Gasteiger charge is 2.62. The zero-order valence-corrected chi connectivity index (χ0v) is 17.3. The number of ether oxygens (including phenoxy) is 1. The highest BCUT2D eigenvalue weighted by atomic mass is 16.7. The molecule has 0 radical (unpaired) electrons. The number of benzene rings is 3. The number of Topliss-reactive ketones (excluding diaryl/α,β-unsaturated/α-hetero) is 1. The number of nitrogens with zero attached hydrogens (tertiary/aromatic N) is 1. The van der Waals surface area contributed by atoms with Crippen LogP contribution in [0.5, 0.6) is 5.75 Å². The molecule has 6 heteroatoms. The lowest BCUT2D eigenvalue weighted by atomic mass is 9.75. The number of carbonyl (C=O) groups excluding carboxylic acids is 2. The molecule has 1 amide bonds. The fraction of sp³-hybridized carbons (Fsp3) is 0.115. The van der Waals surface area contributed by atoms with Crippen LogP contribution < -0.4 is 10.1 Å². The molecule has 1 N–H and O–H groups in total. The average molecular weight is 424 g/mol. The number of para-hydroxylation sites is 1. The molecule has 0 bridgehead atoms. The maximum absolute atomic E-state index is 13.8. The number of ketones is 1. The summed E-state index contributed by atoms with van der Waals surface area (Å²) < 4.78 is 5.20. The molecule has 0 aliphatic carbocycles. The SMILES string of the molecule is COc1ccc(C(=O)[C@@H]2C(/C=C/c3ccccc3)=NO[C@]23C(=O)Nc2ccccc23)cc1. The van der Waals surface area contributed by atoms with Gasteiger partial charge in [-0.2, -0.15) is 0 Å². The van der Waals surface area contributed by atoms with Crippen molar-refractivity contribution in [1.82, 2.24) is 0 Å². The lowest BCUT2D eigenvalue weighted by molar-refractivity contribution is -0.140. The predicted octanol–water partition coefficient (Wildman–Crippen LogP) is 4.44. The van der Waals surface area contributed by atoms with Crippen LogP contribution in [0.4, 0.5) is 5.69 Å². The highest BCUT2D eigenvalue weighted by molar-refractivity contribution is 6.23. The van der Waals surface area contributed by atoms with E-state index in [1.807, 2.05) is 48.5 Å². The first-order valence-corrected chi connectivity index (χ1v) is 10.2. The molecule has 0 fully saturated rings. The van der Waals surface area contributed by atoms with Gasteiger partial charge >= 0.3 is 0 Å². The minimum Gasteiger partial charge on any atom is -0.497 e. The largest absolute Gasteiger partial charge is 0.497 e. The molecule has 0 saturated heterocycles. The van der Waals surface area contributed by atoms with E-state index in [9.17, 15) is 9.59 Å². The number of rotatable bonds is 5. The molecule has 0 aromatic heterocycles. The summed E-state index contributed by atoms with van der Waals surface area (Å²) in [6, 6.07) is 23.7. The Morgan fingerprint density at radius 2 is 1.72 bits per heavy atom. The molecule has 6 nitrogen and oxygen atoms in total. The van der Waals surface area contributed by atoms with Gasteiger partial charge in [-0.1, -0.05) is 59.8 Å². The Kier molecular flexibility index (Phi) is 4.82. The van der Waals surface area contributed by atoms with Crippen LogP contribution in [0.3, 0.4) is 0 Å². The first-order chi connectivity index (χ1) is 15.6. The van der Waals surface area contributed by atoms with E-state index in [-0.39, 0.29) is 5.78 Å². The van der Waals surface area contributed by atoms with Gasteiger partial charge in [0.15, 0.2) is 5.78 Å². The summed E-state index contributed by atoms with van der Waals surface area (Å²) in [5.41, 5.74) is 1.45. The summed E-state index contributed by atoms with van der Waals surface area (Å²) in [7, 11) is 1.57. The van der Waals surface area contributed by atoms with Gasteiger partial charge in [0.05, 0.1) is 12.8 Å². The van der Waals surface area contributed by atoms with Crippen LogP contribution >= 0.6 is 0 Å². The molecule has 2 aliphatic heterocycles. The monoisotopic (exact) mass is 424 g/mol. The molecule has 32 heavy (non-hydrogen) atoms. The number of methoxy groups -OCH3 is 1. The van der Waals surface area contributed by atoms with Crippen molar-refractivity contribution in [2.75, 3.05) is 12.4 Å². The number of carbonyl (C=O) groups is 2. The number of oxime groups is 1. The van der Waals surface area contributed by atoms with Crippen LogP contribution in [-0.4, -0.2) is 24.5 Å². The Balaban J connectivity index is 1.60. The quantitative estimate of drug-likeness (QED) is 0.615. The summed E-state index contributed by atoms with van der Waals surface area (Å²) >= 11 is 0. The first kappa shape index (κ1) is 19.8. The zero-order chi connectivity index (χ0) is 22.1. The van der Waals surface area contributed by atoms with Crippen LogP contribution in [0, 0.1) is 5.92 Å². The minimum atomic E-state index is -1.55. The second kappa shape index (κ2) is 7.81. The fourth-order valence-electron chi connectivity index (χ4n) is 4.18. The van der Waals surface area contributed by atoms with Crippen molar-refractivity contribution in [1.29, 1.82) is 0 Å². The molecule has 0 unspecified atom stereocenters. The second-order valence-electron chi connectivity index (χ2n) is 7.61. The number of fused-ring (bicyclic) bond motifs is 2. The molecule has 158 valence electrons. The van der Waals surface area contributed by atoms with Gasteiger partial charge in [-0.05, 0) is 42.0 Å². The molecule has 2 aliphatic rings. The van der Waals surface area contributed by atoms with Crippen LogP contribution in [0.25, 0.3) is 6.08 Å². The Labute approximate surface area is 185 Å². The van der Waals surface area contributed by atoms with Gasteiger partial charge in [-0.3, -0.25) is 9.59 Å². The van der Waals surface area contributed by atoms with E-state index in [2.05, 4.69) is 10.5 Å². The average Bonchev–Trinajstić information content (AvgIpc) is 3.36. The van der Waals surface area contributed by atoms with Crippen LogP contribution in [-0.2, 0) is 15.2 Å². The summed E-state index contributed by atoms with van der Waals surface area (Å²) in [6.45, 7) is 0. The van der Waals surface area contributed by atoms with Gasteiger partial charge in [0, 0.05) is 16.8 Å². The van der Waals surface area contributed by atoms with Crippen molar-refractivity contribution in [3.8, 4) is 5.75 Å². The molecular formula is C26H20N2O4. The summed E-state index contributed by atoms with van der Waals surface area (Å²) in [5.74, 6) is -0.967. The summed E-state index contributed by atoms with van der Waals surface area (Å²) in [5, 5.41) is 7.07. The van der Waals surface area contributed by atoms with Gasteiger partial charge in [-0.15, -0.1) is 0 Å². The lowest BCUT2D eigenvalue weighted by Crippen LogP contribution is -2.46. The number of amides is 1. The van der Waals surface area contributed by atoms with Crippen LogP contribution in [0.2, 0.25) is 0 Å². The molecular weight excluding hydrogens is 404 g/mol. The van der Waals surface area contributed by atoms with E-state index in [4.69, 9.17) is 9.57 Å². The Morgan fingerprint density at radius 3 is 2.47 bits per heavy atom. The summed E-state index contributed by atoms with van der Waals surface area (Å²) in [6.07, 6.45) is 3.60. The number of allylic oxidation sites excluding steroid dienone is 1. The van der Waals surface area contributed by atoms with Crippen molar-refractivity contribution in [3.05, 3.63) is 102 Å². The van der Waals surface area contributed by atoms with E-state index in [1.165, 1.54) is 0 Å². The Hall–Kier alpha value is -4.19. The highest BCUT2D eigenvalue weighted by Crippen LogP contribution is 2.49. The van der Waals surface area contributed by atoms with Crippen molar-refractivity contribution >= 4 is 29.2 Å². The maximum atomic E-state index is 13.8. The molecule has 3 aromatic carbocycles. The first-order valence-electron chi connectivity index (χ1n) is 10.2.